The van der Waals surface area contributed by atoms with Gasteiger partial charge in [0.05, 0.1) is 19.0 Å². The summed E-state index contributed by atoms with van der Waals surface area (Å²) < 4.78 is 35.9. The normalized spacial score (nSPS) is 30.9. The SMILES string of the molecule is O=[N+]([O-])OC1COC2C1OCC2S(=O)(=O)Cc1ccccc1. The van der Waals surface area contributed by atoms with Gasteiger partial charge >= 0.3 is 0 Å². The van der Waals surface area contributed by atoms with Crippen molar-refractivity contribution in [3.05, 3.63) is 46.0 Å². The average Bonchev–Trinajstić information content (AvgIpc) is 3.02. The molecule has 8 nitrogen and oxygen atoms in total. The van der Waals surface area contributed by atoms with Gasteiger partial charge in [0.2, 0.25) is 0 Å². The second kappa shape index (κ2) is 5.82. The number of ether oxygens (including phenoxy) is 2. The molecule has 120 valence electrons. The number of benzene rings is 1. The van der Waals surface area contributed by atoms with Crippen LogP contribution in [-0.2, 0) is 29.9 Å². The van der Waals surface area contributed by atoms with Crippen molar-refractivity contribution in [1.29, 1.82) is 0 Å². The maximum Gasteiger partial charge on any atom is 0.294 e. The highest BCUT2D eigenvalue weighted by Gasteiger charge is 2.53. The summed E-state index contributed by atoms with van der Waals surface area (Å²) in [6.45, 7) is -0.0876. The summed E-state index contributed by atoms with van der Waals surface area (Å²) in [5.41, 5.74) is 0.682. The van der Waals surface area contributed by atoms with Crippen LogP contribution in [0.25, 0.3) is 0 Å². The van der Waals surface area contributed by atoms with E-state index in [1.165, 1.54) is 0 Å². The molecule has 0 bridgehead atoms. The van der Waals surface area contributed by atoms with E-state index in [4.69, 9.17) is 9.47 Å². The Morgan fingerprint density at radius 1 is 1.18 bits per heavy atom. The van der Waals surface area contributed by atoms with Crippen LogP contribution in [0.3, 0.4) is 0 Å². The number of sulfone groups is 1. The smallest absolute Gasteiger partial charge is 0.294 e. The molecule has 0 N–H and O–H groups in total. The van der Waals surface area contributed by atoms with E-state index in [2.05, 4.69) is 4.84 Å². The minimum Gasteiger partial charge on any atom is -0.372 e. The Morgan fingerprint density at radius 2 is 1.86 bits per heavy atom. The fraction of sp³-hybridized carbons (Fsp3) is 0.538. The fourth-order valence-corrected chi connectivity index (χ4v) is 4.65. The number of hydrogen-bond acceptors (Lipinski definition) is 7. The zero-order valence-electron chi connectivity index (χ0n) is 11.5. The first kappa shape index (κ1) is 15.2. The van der Waals surface area contributed by atoms with E-state index in [0.717, 1.165) is 0 Å². The first-order valence-corrected chi connectivity index (χ1v) is 8.49. The number of rotatable bonds is 5. The molecule has 4 atom stereocenters. The van der Waals surface area contributed by atoms with Gasteiger partial charge in [-0.25, -0.2) is 8.42 Å². The summed E-state index contributed by atoms with van der Waals surface area (Å²) in [5.74, 6) is -0.116. The summed E-state index contributed by atoms with van der Waals surface area (Å²) in [5, 5.41) is 8.67. The molecule has 0 aromatic heterocycles. The minimum atomic E-state index is -3.49. The molecule has 2 saturated heterocycles. The maximum absolute atomic E-state index is 12.5. The van der Waals surface area contributed by atoms with Crippen molar-refractivity contribution in [3.8, 4) is 0 Å². The summed E-state index contributed by atoms with van der Waals surface area (Å²) in [6.07, 6.45) is -2.32. The van der Waals surface area contributed by atoms with Crippen molar-refractivity contribution in [2.45, 2.75) is 29.3 Å². The zero-order chi connectivity index (χ0) is 15.7. The van der Waals surface area contributed by atoms with Gasteiger partial charge in [-0.2, -0.15) is 0 Å². The molecule has 2 fully saturated rings. The van der Waals surface area contributed by atoms with E-state index in [-0.39, 0.29) is 19.0 Å². The molecule has 0 amide bonds. The molecule has 0 aliphatic carbocycles. The zero-order valence-corrected chi connectivity index (χ0v) is 12.3. The van der Waals surface area contributed by atoms with Gasteiger partial charge in [0.15, 0.2) is 15.9 Å². The van der Waals surface area contributed by atoms with Crippen LogP contribution in [0.2, 0.25) is 0 Å². The molecule has 9 heteroatoms. The Balaban J connectivity index is 1.72. The maximum atomic E-state index is 12.5. The average molecular weight is 329 g/mol. The van der Waals surface area contributed by atoms with Crippen molar-refractivity contribution in [2.24, 2.45) is 0 Å². The lowest BCUT2D eigenvalue weighted by Crippen LogP contribution is -2.38. The molecular weight excluding hydrogens is 314 g/mol. The van der Waals surface area contributed by atoms with Gasteiger partial charge in [-0.3, -0.25) is 0 Å². The molecule has 1 aromatic rings. The Labute approximate surface area is 127 Å². The molecule has 3 rings (SSSR count). The highest BCUT2D eigenvalue weighted by Crippen LogP contribution is 2.33. The molecule has 2 heterocycles. The van der Waals surface area contributed by atoms with Crippen LogP contribution in [0.4, 0.5) is 0 Å². The van der Waals surface area contributed by atoms with Crippen molar-refractivity contribution >= 4 is 9.84 Å². The van der Waals surface area contributed by atoms with Crippen LogP contribution in [0.1, 0.15) is 5.56 Å². The van der Waals surface area contributed by atoms with Crippen molar-refractivity contribution < 1.29 is 27.8 Å². The molecule has 1 aromatic carbocycles. The second-order valence-electron chi connectivity index (χ2n) is 5.29. The molecular formula is C13H15NO7S. The third-order valence-corrected chi connectivity index (χ3v) is 5.92. The standard InChI is InChI=1S/C13H15NO7S/c15-14(16)21-10-6-19-13-11(7-20-12(10)13)22(17,18)8-9-4-2-1-3-5-9/h1-5,10-13H,6-8H2. The minimum absolute atomic E-state index is 0.0396. The van der Waals surface area contributed by atoms with Gasteiger partial charge in [-0.05, 0) is 5.56 Å². The van der Waals surface area contributed by atoms with E-state index in [0.29, 0.717) is 5.56 Å². The van der Waals surface area contributed by atoms with E-state index < -0.39 is 38.5 Å². The van der Waals surface area contributed by atoms with Crippen molar-refractivity contribution in [2.75, 3.05) is 13.2 Å². The largest absolute Gasteiger partial charge is 0.372 e. The molecule has 22 heavy (non-hydrogen) atoms. The predicted molar refractivity (Wildman–Crippen MR) is 74.2 cm³/mol. The fourth-order valence-electron chi connectivity index (χ4n) is 2.85. The first-order valence-electron chi connectivity index (χ1n) is 6.77. The van der Waals surface area contributed by atoms with Crippen LogP contribution >= 0.6 is 0 Å². The Bertz CT molecular complexity index is 648. The van der Waals surface area contributed by atoms with Crippen LogP contribution < -0.4 is 0 Å². The van der Waals surface area contributed by atoms with Crippen LogP contribution in [0, 0.1) is 10.1 Å². The first-order chi connectivity index (χ1) is 10.5. The lowest BCUT2D eigenvalue weighted by molar-refractivity contribution is -0.769. The van der Waals surface area contributed by atoms with E-state index in [1.54, 1.807) is 24.3 Å². The molecule has 0 saturated carbocycles. The van der Waals surface area contributed by atoms with Crippen LogP contribution in [-0.4, -0.2) is 50.3 Å². The van der Waals surface area contributed by atoms with Crippen molar-refractivity contribution in [3.63, 3.8) is 0 Å². The van der Waals surface area contributed by atoms with Crippen LogP contribution in [0.5, 0.6) is 0 Å². The number of nitrogens with zero attached hydrogens (tertiary/aromatic N) is 1. The highest BCUT2D eigenvalue weighted by molar-refractivity contribution is 7.91. The monoisotopic (exact) mass is 329 g/mol. The Kier molecular flexibility index (Phi) is 4.02. The van der Waals surface area contributed by atoms with Gasteiger partial charge in [0, 0.05) is 0 Å². The van der Waals surface area contributed by atoms with E-state index in [9.17, 15) is 18.5 Å². The quantitative estimate of drug-likeness (QED) is 0.566. The summed E-state index contributed by atoms with van der Waals surface area (Å²) in [4.78, 5) is 14.9. The molecule has 2 aliphatic heterocycles. The topological polar surface area (TPSA) is 105 Å². The molecule has 4 unspecified atom stereocenters. The van der Waals surface area contributed by atoms with Crippen molar-refractivity contribution in [1.82, 2.24) is 0 Å². The predicted octanol–water partition coefficient (Wildman–Crippen LogP) is 0.344. The highest BCUT2D eigenvalue weighted by atomic mass is 32.2. The van der Waals surface area contributed by atoms with Crippen LogP contribution in [0.15, 0.2) is 30.3 Å². The molecule has 2 aliphatic rings. The lowest BCUT2D eigenvalue weighted by Gasteiger charge is -2.16. The number of fused-ring (bicyclic) bond motifs is 1. The second-order valence-corrected chi connectivity index (χ2v) is 7.51. The third kappa shape index (κ3) is 2.92. The van der Waals surface area contributed by atoms with Gasteiger partial charge in [0.25, 0.3) is 5.09 Å². The van der Waals surface area contributed by atoms with Gasteiger partial charge in [0.1, 0.15) is 17.5 Å². The summed E-state index contributed by atoms with van der Waals surface area (Å²) in [6, 6.07) is 8.82. The number of hydrogen-bond donors (Lipinski definition) is 0. The Morgan fingerprint density at radius 3 is 2.55 bits per heavy atom. The lowest BCUT2D eigenvalue weighted by atomic mass is 10.1. The van der Waals surface area contributed by atoms with E-state index in [1.807, 2.05) is 6.07 Å². The van der Waals surface area contributed by atoms with E-state index >= 15 is 0 Å². The molecule has 0 radical (unpaired) electrons. The summed E-state index contributed by atoms with van der Waals surface area (Å²) in [7, 11) is -3.49. The van der Waals surface area contributed by atoms with Gasteiger partial charge in [-0.15, -0.1) is 10.1 Å². The molecule has 0 spiro atoms. The van der Waals surface area contributed by atoms with Gasteiger partial charge < -0.3 is 14.3 Å². The van der Waals surface area contributed by atoms with Gasteiger partial charge in [-0.1, -0.05) is 30.3 Å². The third-order valence-electron chi connectivity index (χ3n) is 3.86. The Hall–Kier alpha value is -1.71. The summed E-state index contributed by atoms with van der Waals surface area (Å²) >= 11 is 0.